The van der Waals surface area contributed by atoms with Crippen molar-refractivity contribution in [1.82, 2.24) is 0 Å². The molecule has 2 rings (SSSR count). The van der Waals surface area contributed by atoms with Gasteiger partial charge in [0.2, 0.25) is 0 Å². The molecule has 0 amide bonds. The van der Waals surface area contributed by atoms with Crippen molar-refractivity contribution in [3.63, 3.8) is 0 Å². The van der Waals surface area contributed by atoms with Crippen molar-refractivity contribution < 1.29 is 4.39 Å². The first-order valence-corrected chi connectivity index (χ1v) is 6.41. The van der Waals surface area contributed by atoms with E-state index in [0.29, 0.717) is 16.6 Å². The van der Waals surface area contributed by atoms with Crippen LogP contribution in [0.2, 0.25) is 5.02 Å². The van der Waals surface area contributed by atoms with E-state index in [0.717, 1.165) is 12.0 Å². The molecule has 1 aromatic carbocycles. The first-order chi connectivity index (χ1) is 7.15. The van der Waals surface area contributed by atoms with Gasteiger partial charge in [0.1, 0.15) is 5.82 Å². The fourth-order valence-electron chi connectivity index (χ4n) is 1.93. The fraction of sp³-hybridized carbons (Fsp3) is 0.455. The van der Waals surface area contributed by atoms with Crippen LogP contribution < -0.4 is 5.73 Å². The second-order valence-electron chi connectivity index (χ2n) is 3.71. The number of thioether (sulfide) groups is 1. The van der Waals surface area contributed by atoms with E-state index in [1.54, 1.807) is 17.8 Å². The van der Waals surface area contributed by atoms with Crippen LogP contribution in [0.5, 0.6) is 0 Å². The quantitative estimate of drug-likeness (QED) is 0.820. The molecule has 1 aliphatic heterocycles. The van der Waals surface area contributed by atoms with Gasteiger partial charge >= 0.3 is 0 Å². The molecule has 15 heavy (non-hydrogen) atoms. The summed E-state index contributed by atoms with van der Waals surface area (Å²) in [5.74, 6) is 0.375. The summed E-state index contributed by atoms with van der Waals surface area (Å²) >= 11 is 7.45. The Balaban J connectivity index is 2.45. The minimum absolute atomic E-state index is 0.0736. The van der Waals surface area contributed by atoms with Crippen LogP contribution in [0.1, 0.15) is 30.5 Å². The van der Waals surface area contributed by atoms with Gasteiger partial charge in [0, 0.05) is 22.6 Å². The molecule has 0 saturated heterocycles. The van der Waals surface area contributed by atoms with Gasteiger partial charge in [-0.05, 0) is 18.1 Å². The van der Waals surface area contributed by atoms with Gasteiger partial charge in [0.25, 0.3) is 0 Å². The molecular formula is C11H13ClFNS. The summed E-state index contributed by atoms with van der Waals surface area (Å²) in [5.41, 5.74) is 7.69. The van der Waals surface area contributed by atoms with Crippen LogP contribution in [-0.4, -0.2) is 5.25 Å². The van der Waals surface area contributed by atoms with Crippen LogP contribution in [0.3, 0.4) is 0 Å². The number of halogens is 2. The number of benzene rings is 1. The number of hydrogen-bond donors (Lipinski definition) is 1. The Morgan fingerprint density at radius 1 is 1.60 bits per heavy atom. The van der Waals surface area contributed by atoms with E-state index >= 15 is 0 Å². The zero-order chi connectivity index (χ0) is 11.0. The summed E-state index contributed by atoms with van der Waals surface area (Å²) in [7, 11) is 0. The topological polar surface area (TPSA) is 26.0 Å². The third kappa shape index (κ3) is 1.88. The molecule has 0 saturated carbocycles. The normalized spacial score (nSPS) is 25.1. The summed E-state index contributed by atoms with van der Waals surface area (Å²) in [5, 5.41) is 0.578. The fourth-order valence-corrected chi connectivity index (χ4v) is 3.37. The van der Waals surface area contributed by atoms with Crippen LogP contribution in [0, 0.1) is 5.82 Å². The highest BCUT2D eigenvalue weighted by Gasteiger charge is 2.28. The van der Waals surface area contributed by atoms with E-state index in [9.17, 15) is 4.39 Å². The van der Waals surface area contributed by atoms with Crippen LogP contribution in [-0.2, 0) is 5.75 Å². The number of rotatable bonds is 1. The van der Waals surface area contributed by atoms with Gasteiger partial charge in [-0.2, -0.15) is 11.8 Å². The second kappa shape index (κ2) is 4.32. The number of hydrogen-bond acceptors (Lipinski definition) is 2. The third-order valence-electron chi connectivity index (χ3n) is 2.84. The molecule has 0 bridgehead atoms. The van der Waals surface area contributed by atoms with Crippen molar-refractivity contribution in [1.29, 1.82) is 0 Å². The maximum atomic E-state index is 13.7. The van der Waals surface area contributed by atoms with Gasteiger partial charge in [-0.1, -0.05) is 24.6 Å². The van der Waals surface area contributed by atoms with Gasteiger partial charge in [0.15, 0.2) is 0 Å². The molecule has 0 fully saturated rings. The lowest BCUT2D eigenvalue weighted by Crippen LogP contribution is -2.28. The lowest BCUT2D eigenvalue weighted by molar-refractivity contribution is 0.590. The predicted octanol–water partition coefficient (Wildman–Crippen LogP) is 3.50. The molecule has 1 aliphatic rings. The second-order valence-corrected chi connectivity index (χ2v) is 5.35. The first-order valence-electron chi connectivity index (χ1n) is 4.99. The Labute approximate surface area is 98.2 Å². The van der Waals surface area contributed by atoms with Crippen molar-refractivity contribution in [3.8, 4) is 0 Å². The van der Waals surface area contributed by atoms with Gasteiger partial charge in [-0.25, -0.2) is 4.39 Å². The largest absolute Gasteiger partial charge is 0.323 e. The maximum Gasteiger partial charge on any atom is 0.146 e. The zero-order valence-electron chi connectivity index (χ0n) is 8.47. The smallest absolute Gasteiger partial charge is 0.146 e. The lowest BCUT2D eigenvalue weighted by atomic mass is 9.97. The van der Waals surface area contributed by atoms with Crippen LogP contribution in [0.4, 0.5) is 4.39 Å². The highest BCUT2D eigenvalue weighted by molar-refractivity contribution is 7.99. The predicted molar refractivity (Wildman–Crippen MR) is 63.7 cm³/mol. The maximum absolute atomic E-state index is 13.7. The minimum Gasteiger partial charge on any atom is -0.323 e. The van der Waals surface area contributed by atoms with E-state index in [1.165, 1.54) is 0 Å². The Kier molecular flexibility index (Phi) is 3.24. The molecule has 2 N–H and O–H groups in total. The molecule has 4 heteroatoms. The summed E-state index contributed by atoms with van der Waals surface area (Å²) in [6.45, 7) is 2.11. The minimum atomic E-state index is -0.299. The van der Waals surface area contributed by atoms with E-state index in [2.05, 4.69) is 6.92 Å². The lowest BCUT2D eigenvalue weighted by Gasteiger charge is -2.30. The van der Waals surface area contributed by atoms with Crippen LogP contribution >= 0.6 is 23.4 Å². The summed E-state index contributed by atoms with van der Waals surface area (Å²) in [4.78, 5) is 0. The molecule has 0 spiro atoms. The molecule has 0 aromatic heterocycles. The standard InChI is InChI=1S/C11H13ClFNS/c1-2-9-11(14)6-3-4-8(12)10(13)7(6)5-15-9/h3-4,9,11H,2,5,14H2,1H3. The average Bonchev–Trinajstić information content (AvgIpc) is 2.24. The highest BCUT2D eigenvalue weighted by atomic mass is 35.5. The van der Waals surface area contributed by atoms with Crippen molar-refractivity contribution in [2.75, 3.05) is 0 Å². The molecule has 2 unspecified atom stereocenters. The summed E-state index contributed by atoms with van der Waals surface area (Å²) in [6, 6.07) is 3.38. The Morgan fingerprint density at radius 2 is 2.33 bits per heavy atom. The van der Waals surface area contributed by atoms with Gasteiger partial charge in [-0.3, -0.25) is 0 Å². The van der Waals surface area contributed by atoms with Crippen molar-refractivity contribution in [3.05, 3.63) is 34.1 Å². The van der Waals surface area contributed by atoms with Crippen molar-refractivity contribution in [2.45, 2.75) is 30.4 Å². The monoisotopic (exact) mass is 245 g/mol. The molecule has 1 heterocycles. The van der Waals surface area contributed by atoms with E-state index < -0.39 is 0 Å². The van der Waals surface area contributed by atoms with Crippen LogP contribution in [0.25, 0.3) is 0 Å². The van der Waals surface area contributed by atoms with Crippen LogP contribution in [0.15, 0.2) is 12.1 Å². The Morgan fingerprint density at radius 3 is 3.00 bits per heavy atom. The summed E-state index contributed by atoms with van der Waals surface area (Å²) in [6.07, 6.45) is 1.01. The average molecular weight is 246 g/mol. The highest BCUT2D eigenvalue weighted by Crippen LogP contribution is 2.40. The van der Waals surface area contributed by atoms with Gasteiger partial charge in [0.05, 0.1) is 5.02 Å². The van der Waals surface area contributed by atoms with Gasteiger partial charge < -0.3 is 5.73 Å². The summed E-state index contributed by atoms with van der Waals surface area (Å²) < 4.78 is 13.7. The molecule has 0 aliphatic carbocycles. The third-order valence-corrected chi connectivity index (χ3v) is 4.64. The molecule has 0 radical (unpaired) electrons. The molecule has 1 aromatic rings. The molecular weight excluding hydrogens is 233 g/mol. The zero-order valence-corrected chi connectivity index (χ0v) is 10.0. The van der Waals surface area contributed by atoms with E-state index in [-0.39, 0.29) is 16.9 Å². The molecule has 2 atom stereocenters. The van der Waals surface area contributed by atoms with Gasteiger partial charge in [-0.15, -0.1) is 0 Å². The number of nitrogens with two attached hydrogens (primary N) is 1. The number of fused-ring (bicyclic) bond motifs is 1. The Hall–Kier alpha value is -0.250. The van der Waals surface area contributed by atoms with Crippen molar-refractivity contribution in [2.24, 2.45) is 5.73 Å². The Bertz CT molecular complexity index is 383. The van der Waals surface area contributed by atoms with Crippen molar-refractivity contribution >= 4 is 23.4 Å². The van der Waals surface area contributed by atoms with E-state index in [4.69, 9.17) is 17.3 Å². The van der Waals surface area contributed by atoms with E-state index in [1.807, 2.05) is 6.07 Å². The SMILES string of the molecule is CCC1SCc2c(ccc(Cl)c2F)C1N. The first kappa shape index (κ1) is 11.2. The molecule has 1 nitrogen and oxygen atoms in total. The molecule has 82 valence electrons.